The largest absolute Gasteiger partial charge is 0.493 e. The molecule has 2 aromatic rings. The van der Waals surface area contributed by atoms with E-state index >= 15 is 0 Å². The van der Waals surface area contributed by atoms with Crippen LogP contribution in [0.25, 0.3) is 0 Å². The standard InChI is InChI=1S/C18H20ClN3O5/c1-21(10-12-5-4-6-16(26-2)18(12)27-3)11-17(23)20-14-8-7-13(19)9-15(14)22(24)25/h4-9H,10-11H2,1-3H3,(H,20,23)/p+1. The molecule has 0 aromatic heterocycles. The highest BCUT2D eigenvalue weighted by molar-refractivity contribution is 6.31. The molecule has 0 aliphatic rings. The Hall–Kier alpha value is -2.84. The molecule has 0 saturated carbocycles. The number of likely N-dealkylation sites (N-methyl/N-ethyl adjacent to an activating group) is 1. The smallest absolute Gasteiger partial charge is 0.294 e. The molecule has 2 N–H and O–H groups in total. The molecule has 0 fully saturated rings. The number of anilines is 1. The summed E-state index contributed by atoms with van der Waals surface area (Å²) in [4.78, 5) is 23.7. The van der Waals surface area contributed by atoms with Gasteiger partial charge in [0.05, 0.1) is 31.8 Å². The van der Waals surface area contributed by atoms with Gasteiger partial charge in [0.1, 0.15) is 12.2 Å². The number of carbonyl (C=O) groups is 1. The van der Waals surface area contributed by atoms with Crippen molar-refractivity contribution in [2.75, 3.05) is 33.1 Å². The second-order valence-electron chi connectivity index (χ2n) is 5.93. The number of amides is 1. The predicted octanol–water partition coefficient (Wildman–Crippen LogP) is 1.92. The van der Waals surface area contributed by atoms with Gasteiger partial charge in [0.15, 0.2) is 18.0 Å². The lowest BCUT2D eigenvalue weighted by molar-refractivity contribution is -0.885. The maximum absolute atomic E-state index is 12.3. The first-order chi connectivity index (χ1) is 12.8. The number of benzene rings is 2. The number of para-hydroxylation sites is 1. The third-order valence-corrected chi connectivity index (χ3v) is 4.10. The molecule has 0 aliphatic carbocycles. The average Bonchev–Trinajstić information content (AvgIpc) is 2.62. The van der Waals surface area contributed by atoms with Crippen LogP contribution in [0.1, 0.15) is 5.56 Å². The van der Waals surface area contributed by atoms with E-state index in [9.17, 15) is 14.9 Å². The third-order valence-electron chi connectivity index (χ3n) is 3.87. The molecule has 2 rings (SSSR count). The highest BCUT2D eigenvalue weighted by Gasteiger charge is 2.20. The van der Waals surface area contributed by atoms with Gasteiger partial charge in [0, 0.05) is 11.1 Å². The number of rotatable bonds is 8. The number of nitro groups is 1. The Morgan fingerprint density at radius 2 is 2.00 bits per heavy atom. The molecule has 0 heterocycles. The minimum Gasteiger partial charge on any atom is -0.493 e. The molecule has 2 aromatic carbocycles. The summed E-state index contributed by atoms with van der Waals surface area (Å²) < 4.78 is 10.7. The number of nitro benzene ring substituents is 1. The van der Waals surface area contributed by atoms with E-state index in [1.54, 1.807) is 20.3 Å². The molecule has 1 atom stereocenters. The van der Waals surface area contributed by atoms with Crippen LogP contribution in [0.3, 0.4) is 0 Å². The van der Waals surface area contributed by atoms with Gasteiger partial charge in [-0.15, -0.1) is 0 Å². The molecule has 8 nitrogen and oxygen atoms in total. The summed E-state index contributed by atoms with van der Waals surface area (Å²) in [5.41, 5.74) is 0.753. The lowest BCUT2D eigenvalue weighted by Gasteiger charge is -2.17. The van der Waals surface area contributed by atoms with Gasteiger partial charge in [0.25, 0.3) is 11.6 Å². The van der Waals surface area contributed by atoms with Crippen molar-refractivity contribution >= 4 is 28.9 Å². The number of ether oxygens (including phenoxy) is 2. The van der Waals surface area contributed by atoms with Gasteiger partial charge >= 0.3 is 0 Å². The van der Waals surface area contributed by atoms with Gasteiger partial charge in [-0.1, -0.05) is 17.7 Å². The zero-order valence-corrected chi connectivity index (χ0v) is 16.0. The lowest BCUT2D eigenvalue weighted by Crippen LogP contribution is -3.08. The highest BCUT2D eigenvalue weighted by Crippen LogP contribution is 2.30. The van der Waals surface area contributed by atoms with Crippen molar-refractivity contribution in [3.63, 3.8) is 0 Å². The second kappa shape index (κ2) is 9.20. The van der Waals surface area contributed by atoms with Crippen LogP contribution >= 0.6 is 11.6 Å². The Bertz CT molecular complexity index is 844. The van der Waals surface area contributed by atoms with Crippen LogP contribution in [-0.4, -0.2) is 38.6 Å². The molecule has 27 heavy (non-hydrogen) atoms. The summed E-state index contributed by atoms with van der Waals surface area (Å²) in [6, 6.07) is 9.65. The van der Waals surface area contributed by atoms with Crippen LogP contribution in [0.2, 0.25) is 5.02 Å². The van der Waals surface area contributed by atoms with Gasteiger partial charge in [-0.3, -0.25) is 14.9 Å². The molecule has 0 spiro atoms. The van der Waals surface area contributed by atoms with E-state index in [1.807, 2.05) is 19.2 Å². The quantitative estimate of drug-likeness (QED) is 0.527. The average molecular weight is 395 g/mol. The summed E-state index contributed by atoms with van der Waals surface area (Å²) in [5, 5.41) is 13.9. The summed E-state index contributed by atoms with van der Waals surface area (Å²) in [6.45, 7) is 0.622. The first-order valence-electron chi connectivity index (χ1n) is 8.10. The van der Waals surface area contributed by atoms with Crippen LogP contribution in [-0.2, 0) is 11.3 Å². The Kier molecular flexibility index (Phi) is 6.98. The lowest BCUT2D eigenvalue weighted by atomic mass is 10.1. The van der Waals surface area contributed by atoms with E-state index in [1.165, 1.54) is 18.2 Å². The van der Waals surface area contributed by atoms with Crippen LogP contribution in [0.15, 0.2) is 36.4 Å². The van der Waals surface area contributed by atoms with Crippen LogP contribution in [0, 0.1) is 10.1 Å². The first-order valence-corrected chi connectivity index (χ1v) is 8.48. The van der Waals surface area contributed by atoms with Crippen molar-refractivity contribution in [1.29, 1.82) is 0 Å². The summed E-state index contributed by atoms with van der Waals surface area (Å²) in [5.74, 6) is 0.886. The number of halogens is 1. The van der Waals surface area contributed by atoms with E-state index in [2.05, 4.69) is 5.32 Å². The van der Waals surface area contributed by atoms with Gasteiger partial charge in [-0.2, -0.15) is 0 Å². The van der Waals surface area contributed by atoms with E-state index in [0.29, 0.717) is 18.0 Å². The van der Waals surface area contributed by atoms with Crippen molar-refractivity contribution in [3.05, 3.63) is 57.1 Å². The summed E-state index contributed by atoms with van der Waals surface area (Å²) >= 11 is 5.78. The van der Waals surface area contributed by atoms with Gasteiger partial charge in [0.2, 0.25) is 0 Å². The Labute approximate surface area is 161 Å². The second-order valence-corrected chi connectivity index (χ2v) is 6.37. The normalized spacial score (nSPS) is 11.6. The fourth-order valence-electron chi connectivity index (χ4n) is 2.71. The fraction of sp³-hybridized carbons (Fsp3) is 0.278. The molecule has 0 saturated heterocycles. The molecule has 9 heteroatoms. The van der Waals surface area contributed by atoms with E-state index in [4.69, 9.17) is 21.1 Å². The summed E-state index contributed by atoms with van der Waals surface area (Å²) in [6.07, 6.45) is 0. The highest BCUT2D eigenvalue weighted by atomic mass is 35.5. The van der Waals surface area contributed by atoms with Gasteiger partial charge in [-0.25, -0.2) is 0 Å². The van der Waals surface area contributed by atoms with Crippen molar-refractivity contribution in [2.24, 2.45) is 0 Å². The molecule has 0 aliphatic heterocycles. The van der Waals surface area contributed by atoms with E-state index in [-0.39, 0.29) is 28.8 Å². The number of methoxy groups -OCH3 is 2. The molecular formula is C18H21ClN3O5+. The number of hydrogen-bond donors (Lipinski definition) is 2. The fourth-order valence-corrected chi connectivity index (χ4v) is 2.88. The topological polar surface area (TPSA) is 95.1 Å². The Balaban J connectivity index is 2.06. The predicted molar refractivity (Wildman–Crippen MR) is 102 cm³/mol. The van der Waals surface area contributed by atoms with E-state index < -0.39 is 4.92 Å². The van der Waals surface area contributed by atoms with Gasteiger partial charge in [-0.05, 0) is 24.3 Å². The molecule has 0 radical (unpaired) electrons. The number of hydrogen-bond acceptors (Lipinski definition) is 5. The van der Waals surface area contributed by atoms with E-state index in [0.717, 1.165) is 10.5 Å². The van der Waals surface area contributed by atoms with Crippen LogP contribution in [0.4, 0.5) is 11.4 Å². The molecular weight excluding hydrogens is 374 g/mol. The number of quaternary nitrogens is 1. The van der Waals surface area contributed by atoms with Gasteiger partial charge < -0.3 is 19.7 Å². The molecule has 144 valence electrons. The number of nitrogens with one attached hydrogen (secondary N) is 2. The molecule has 1 amide bonds. The zero-order chi connectivity index (χ0) is 20.0. The van der Waals surface area contributed by atoms with Crippen LogP contribution < -0.4 is 19.7 Å². The Morgan fingerprint density at radius 3 is 2.63 bits per heavy atom. The van der Waals surface area contributed by atoms with Crippen LogP contribution in [0.5, 0.6) is 11.5 Å². The maximum atomic E-state index is 12.3. The maximum Gasteiger partial charge on any atom is 0.294 e. The molecule has 0 bridgehead atoms. The third kappa shape index (κ3) is 5.32. The minimum absolute atomic E-state index is 0.111. The number of carbonyl (C=O) groups excluding carboxylic acids is 1. The van der Waals surface area contributed by atoms with Crippen molar-refractivity contribution in [1.82, 2.24) is 0 Å². The monoisotopic (exact) mass is 394 g/mol. The Morgan fingerprint density at radius 1 is 1.26 bits per heavy atom. The SMILES string of the molecule is COc1cccc(C[NH+](C)CC(=O)Nc2ccc(Cl)cc2[N+](=O)[O-])c1OC. The summed E-state index contributed by atoms with van der Waals surface area (Å²) in [7, 11) is 4.96. The zero-order valence-electron chi connectivity index (χ0n) is 15.2. The van der Waals surface area contributed by atoms with Crippen molar-refractivity contribution in [3.8, 4) is 11.5 Å². The number of nitrogens with zero attached hydrogens (tertiary/aromatic N) is 1. The van der Waals surface area contributed by atoms with Crippen molar-refractivity contribution < 1.29 is 24.1 Å². The first kappa shape index (κ1) is 20.5. The van der Waals surface area contributed by atoms with Crippen molar-refractivity contribution in [2.45, 2.75) is 6.54 Å². The minimum atomic E-state index is -0.584. The molecule has 1 unspecified atom stereocenters.